The lowest BCUT2D eigenvalue weighted by Crippen LogP contribution is -2.03. The smallest absolute Gasteiger partial charge is 0.122 e. The van der Waals surface area contributed by atoms with Crippen molar-refractivity contribution < 1.29 is 20.4 Å². The van der Waals surface area contributed by atoms with Crippen molar-refractivity contribution in [2.45, 2.75) is 141 Å². The number of aryl methyl sites for hydroxylation is 8. The van der Waals surface area contributed by atoms with Crippen molar-refractivity contribution in [1.29, 1.82) is 0 Å². The highest BCUT2D eigenvalue weighted by Gasteiger charge is 2.19. The lowest BCUT2D eigenvalue weighted by Gasteiger charge is -2.19. The molecule has 3 aliphatic carbocycles. The van der Waals surface area contributed by atoms with Crippen LogP contribution in [0.2, 0.25) is 0 Å². The van der Waals surface area contributed by atoms with Crippen molar-refractivity contribution in [3.63, 3.8) is 0 Å². The fourth-order valence-corrected chi connectivity index (χ4v) is 8.90. The molecule has 4 aromatic rings. The molecule has 12 bridgehead atoms. The van der Waals surface area contributed by atoms with E-state index < -0.39 is 0 Å². The largest absolute Gasteiger partial charge is 0.507 e. The highest BCUT2D eigenvalue weighted by Crippen LogP contribution is 2.37. The minimum Gasteiger partial charge on any atom is -0.507 e. The van der Waals surface area contributed by atoms with E-state index in [1.807, 2.05) is 0 Å². The lowest BCUT2D eigenvalue weighted by atomic mass is 9.88. The molecule has 3 aliphatic rings. The Bertz CT molecular complexity index is 1550. The van der Waals surface area contributed by atoms with Crippen LogP contribution in [0.15, 0.2) is 48.5 Å². The van der Waals surface area contributed by atoms with Crippen LogP contribution in [-0.4, -0.2) is 20.4 Å². The number of rotatable bonds is 0. The molecule has 0 unspecified atom stereocenters. The molecule has 4 nitrogen and oxygen atoms in total. The van der Waals surface area contributed by atoms with Crippen molar-refractivity contribution >= 4 is 0 Å². The molecule has 0 heterocycles. The number of hydrogen-bond donors (Lipinski definition) is 4. The van der Waals surface area contributed by atoms with Gasteiger partial charge in [0, 0.05) is 12.8 Å². The van der Waals surface area contributed by atoms with Crippen LogP contribution in [0, 0.1) is 0 Å². The van der Waals surface area contributed by atoms with E-state index in [4.69, 9.17) is 0 Å². The Balaban J connectivity index is 1.36. The van der Waals surface area contributed by atoms with Crippen LogP contribution in [0.1, 0.15) is 144 Å². The van der Waals surface area contributed by atoms with Crippen LogP contribution in [0.4, 0.5) is 0 Å². The molecule has 7 rings (SSSR count). The fraction of sp³-hybridized carbons (Fsp3) is 0.478. The van der Waals surface area contributed by atoms with Gasteiger partial charge in [0.15, 0.2) is 0 Å². The first-order valence-electron chi connectivity index (χ1n) is 19.8. The summed E-state index contributed by atoms with van der Waals surface area (Å²) in [6.07, 6.45) is 20.8. The molecule has 0 radical (unpaired) electrons. The van der Waals surface area contributed by atoms with Crippen molar-refractivity contribution in [3.8, 4) is 23.0 Å². The van der Waals surface area contributed by atoms with Crippen molar-refractivity contribution in [2.24, 2.45) is 0 Å². The van der Waals surface area contributed by atoms with E-state index in [0.717, 1.165) is 173 Å². The molecule has 4 aromatic carbocycles. The van der Waals surface area contributed by atoms with Gasteiger partial charge in [-0.25, -0.2) is 0 Å². The first-order chi connectivity index (χ1) is 24.4. The van der Waals surface area contributed by atoms with Crippen LogP contribution in [0.25, 0.3) is 0 Å². The van der Waals surface area contributed by atoms with Crippen LogP contribution in [-0.2, 0) is 64.2 Å². The molecular formula is C46H56O4. The molecular weight excluding hydrogens is 617 g/mol. The minimum absolute atomic E-state index is 0.380. The third-order valence-corrected chi connectivity index (χ3v) is 11.7. The van der Waals surface area contributed by atoms with Gasteiger partial charge in [0.25, 0.3) is 0 Å². The van der Waals surface area contributed by atoms with Gasteiger partial charge in [-0.3, -0.25) is 0 Å². The van der Waals surface area contributed by atoms with Gasteiger partial charge >= 0.3 is 0 Å². The lowest BCUT2D eigenvalue weighted by molar-refractivity contribution is 0.449. The van der Waals surface area contributed by atoms with Crippen LogP contribution < -0.4 is 0 Å². The van der Waals surface area contributed by atoms with E-state index in [2.05, 4.69) is 48.5 Å². The Hall–Kier alpha value is -3.92. The average molecular weight is 673 g/mol. The summed E-state index contributed by atoms with van der Waals surface area (Å²) in [6.45, 7) is 0. The molecule has 264 valence electrons. The van der Waals surface area contributed by atoms with E-state index in [1.54, 1.807) is 0 Å². The summed E-state index contributed by atoms with van der Waals surface area (Å²) < 4.78 is 0. The molecule has 0 atom stereocenters. The summed E-state index contributed by atoms with van der Waals surface area (Å²) in [4.78, 5) is 0. The summed E-state index contributed by atoms with van der Waals surface area (Å²) in [5, 5.41) is 46.8. The van der Waals surface area contributed by atoms with Gasteiger partial charge in [0.2, 0.25) is 0 Å². The average Bonchev–Trinajstić information content (AvgIpc) is 3.10. The Morgan fingerprint density at radius 1 is 0.240 bits per heavy atom. The van der Waals surface area contributed by atoms with E-state index >= 15 is 0 Å². The Labute approximate surface area is 299 Å². The second-order valence-corrected chi connectivity index (χ2v) is 15.6. The molecule has 0 fully saturated rings. The minimum atomic E-state index is 0.380. The number of aromatic hydroxyl groups is 4. The molecule has 0 spiro atoms. The van der Waals surface area contributed by atoms with Crippen LogP contribution >= 0.6 is 0 Å². The maximum Gasteiger partial charge on any atom is 0.122 e. The molecule has 0 saturated carbocycles. The molecule has 4 heteroatoms. The zero-order chi connectivity index (χ0) is 34.5. The molecule has 0 saturated heterocycles. The van der Waals surface area contributed by atoms with Crippen LogP contribution in [0.5, 0.6) is 23.0 Å². The number of hydrogen-bond acceptors (Lipinski definition) is 4. The summed E-state index contributed by atoms with van der Waals surface area (Å²) in [6, 6.07) is 17.7. The van der Waals surface area contributed by atoms with Gasteiger partial charge in [-0.2, -0.15) is 0 Å². The topological polar surface area (TPSA) is 80.9 Å². The van der Waals surface area contributed by atoms with E-state index in [0.29, 0.717) is 35.8 Å². The summed E-state index contributed by atoms with van der Waals surface area (Å²) in [5.41, 5.74) is 12.8. The molecule has 0 amide bonds. The normalized spacial score (nSPS) is 17.8. The maximum atomic E-state index is 11.7. The summed E-state index contributed by atoms with van der Waals surface area (Å²) in [5.74, 6) is 1.52. The molecule has 0 aliphatic heterocycles. The summed E-state index contributed by atoms with van der Waals surface area (Å²) in [7, 11) is 0. The number of benzene rings is 4. The number of phenolic OH excluding ortho intramolecular Hbond substituents is 4. The van der Waals surface area contributed by atoms with Gasteiger partial charge in [-0.05, 0) is 169 Å². The van der Waals surface area contributed by atoms with Crippen molar-refractivity contribution in [1.82, 2.24) is 0 Å². The second-order valence-electron chi connectivity index (χ2n) is 15.6. The van der Waals surface area contributed by atoms with Gasteiger partial charge in [0.05, 0.1) is 0 Å². The SMILES string of the molecule is Oc1c2cc3cc1Cc1cc4cc(c1O)CCCCc1cc(cc(c1O)Cc1cc(cc(c1O)CCCC2)CCCCCC3)CCCCCC4. The first kappa shape index (κ1) is 34.5. The molecule has 50 heavy (non-hydrogen) atoms. The monoisotopic (exact) mass is 672 g/mol. The third-order valence-electron chi connectivity index (χ3n) is 11.7. The summed E-state index contributed by atoms with van der Waals surface area (Å²) >= 11 is 0. The third kappa shape index (κ3) is 8.17. The van der Waals surface area contributed by atoms with Gasteiger partial charge in [-0.1, -0.05) is 74.2 Å². The predicted molar refractivity (Wildman–Crippen MR) is 203 cm³/mol. The highest BCUT2D eigenvalue weighted by atomic mass is 16.3. The first-order valence-corrected chi connectivity index (χ1v) is 19.8. The fourth-order valence-electron chi connectivity index (χ4n) is 8.90. The van der Waals surface area contributed by atoms with Gasteiger partial charge in [-0.15, -0.1) is 0 Å². The van der Waals surface area contributed by atoms with Crippen LogP contribution in [0.3, 0.4) is 0 Å². The highest BCUT2D eigenvalue weighted by molar-refractivity contribution is 5.53. The Morgan fingerprint density at radius 3 is 0.680 bits per heavy atom. The van der Waals surface area contributed by atoms with E-state index in [-0.39, 0.29) is 0 Å². The van der Waals surface area contributed by atoms with Crippen molar-refractivity contribution in [3.05, 3.63) is 115 Å². The zero-order valence-corrected chi connectivity index (χ0v) is 30.0. The Kier molecular flexibility index (Phi) is 11.0. The van der Waals surface area contributed by atoms with Gasteiger partial charge in [0.1, 0.15) is 23.0 Å². The molecule has 4 N–H and O–H groups in total. The standard InChI is InChI=1S/C46H56O4/c47-43-35-17-9-10-18-36-22-32-14-6-2-1-5-13-31(21-35)25-39(43)29-41-27-33-15-7-3-4-8-16-34-24-38(20-12-11-19-37(23-33)45(41)49)46(50)42(28-34)30-40(26-32)44(36)48/h21-28,47-50H,1-20,29-30H2. The number of phenols is 4. The van der Waals surface area contributed by atoms with E-state index in [1.165, 1.54) is 22.3 Å². The van der Waals surface area contributed by atoms with Gasteiger partial charge < -0.3 is 20.4 Å². The zero-order valence-electron chi connectivity index (χ0n) is 30.0. The predicted octanol–water partition coefficient (Wildman–Crippen LogP) is 10.5. The maximum absolute atomic E-state index is 11.7. The molecule has 0 aromatic heterocycles. The second kappa shape index (κ2) is 16.0. The Morgan fingerprint density at radius 2 is 0.440 bits per heavy atom. The quantitative estimate of drug-likeness (QED) is 0.150. The van der Waals surface area contributed by atoms with E-state index in [9.17, 15) is 20.4 Å². The number of fused-ring (bicyclic) bond motifs is 14. The van der Waals surface area contributed by atoms with Crippen molar-refractivity contribution in [2.75, 3.05) is 0 Å².